The Morgan fingerprint density at radius 2 is 1.53 bits per heavy atom. The van der Waals surface area contributed by atoms with Gasteiger partial charge in [0.15, 0.2) is 0 Å². The van der Waals surface area contributed by atoms with Crippen LogP contribution < -0.4 is 20.0 Å². The number of hydrogen-bond acceptors (Lipinski definition) is 5. The summed E-state index contributed by atoms with van der Waals surface area (Å²) in [5.74, 6) is 0. The van der Waals surface area contributed by atoms with Gasteiger partial charge in [-0.2, -0.15) is 5.26 Å². The molecular weight excluding hydrogens is 418 g/mol. The van der Waals surface area contributed by atoms with Crippen molar-refractivity contribution in [2.24, 2.45) is 5.41 Å². The third kappa shape index (κ3) is 4.14. The second kappa shape index (κ2) is 8.84. The molecule has 3 fully saturated rings. The lowest BCUT2D eigenvalue weighted by Gasteiger charge is -2.40. The van der Waals surface area contributed by atoms with Crippen LogP contribution in [0.25, 0.3) is 0 Å². The minimum atomic E-state index is 0.372. The van der Waals surface area contributed by atoms with E-state index in [9.17, 15) is 0 Å². The third-order valence-electron chi connectivity index (χ3n) is 7.69. The van der Waals surface area contributed by atoms with Crippen molar-refractivity contribution >= 4 is 28.7 Å². The van der Waals surface area contributed by atoms with E-state index in [2.05, 4.69) is 63.3 Å². The Kier molecular flexibility index (Phi) is 5.92. The Balaban J connectivity index is 1.22. The summed E-state index contributed by atoms with van der Waals surface area (Å²) < 4.78 is 0. The highest BCUT2D eigenvalue weighted by Crippen LogP contribution is 2.46. The van der Waals surface area contributed by atoms with Gasteiger partial charge in [-0.05, 0) is 74.1 Å². The van der Waals surface area contributed by atoms with E-state index in [0.29, 0.717) is 22.0 Å². The van der Waals surface area contributed by atoms with Crippen LogP contribution in [0.2, 0.25) is 5.02 Å². The monoisotopic (exact) mass is 449 g/mol. The fraction of sp³-hybridized carbons (Fsp3) is 0.500. The van der Waals surface area contributed by atoms with Crippen LogP contribution >= 0.6 is 11.6 Å². The Morgan fingerprint density at radius 1 is 0.938 bits per heavy atom. The molecule has 0 aromatic heterocycles. The molecular formula is C26H32ClN5. The number of rotatable bonds is 3. The van der Waals surface area contributed by atoms with Crippen molar-refractivity contribution < 1.29 is 0 Å². The summed E-state index contributed by atoms with van der Waals surface area (Å²) >= 11 is 6.32. The predicted molar refractivity (Wildman–Crippen MR) is 133 cm³/mol. The van der Waals surface area contributed by atoms with Crippen molar-refractivity contribution in [1.29, 1.82) is 5.26 Å². The second-order valence-corrected chi connectivity index (χ2v) is 10.1. The van der Waals surface area contributed by atoms with Gasteiger partial charge in [-0.3, -0.25) is 0 Å². The first-order valence-corrected chi connectivity index (χ1v) is 12.2. The van der Waals surface area contributed by atoms with E-state index in [0.717, 1.165) is 51.5 Å². The molecule has 0 aliphatic carbocycles. The highest BCUT2D eigenvalue weighted by Gasteiger charge is 2.44. The number of hydrogen-bond donors (Lipinski definition) is 1. The molecule has 0 saturated carbocycles. The number of piperidine rings is 1. The molecule has 5 nitrogen and oxygen atoms in total. The summed E-state index contributed by atoms with van der Waals surface area (Å²) in [5, 5.41) is 13.1. The second-order valence-electron chi connectivity index (χ2n) is 9.70. The molecule has 6 heteroatoms. The summed E-state index contributed by atoms with van der Waals surface area (Å²) in [7, 11) is 0. The Labute approximate surface area is 196 Å². The van der Waals surface area contributed by atoms with Crippen LogP contribution in [0.4, 0.5) is 17.1 Å². The quantitative estimate of drug-likeness (QED) is 0.747. The molecule has 168 valence electrons. The SMILES string of the molecule is CC1CC2(CCN(c3ccc(N4CCNCC4)cc3)CC2)CN1c1ccc(C#N)c(Cl)c1. The van der Waals surface area contributed by atoms with E-state index < -0.39 is 0 Å². The van der Waals surface area contributed by atoms with Crippen LogP contribution in [0.5, 0.6) is 0 Å². The van der Waals surface area contributed by atoms with Crippen LogP contribution in [0.15, 0.2) is 42.5 Å². The van der Waals surface area contributed by atoms with Crippen LogP contribution in [0, 0.1) is 16.7 Å². The largest absolute Gasteiger partial charge is 0.371 e. The van der Waals surface area contributed by atoms with Gasteiger partial charge in [-0.15, -0.1) is 0 Å². The normalized spacial score (nSPS) is 22.9. The van der Waals surface area contributed by atoms with Crippen molar-refractivity contribution in [3.63, 3.8) is 0 Å². The van der Waals surface area contributed by atoms with Crippen molar-refractivity contribution in [3.8, 4) is 6.07 Å². The molecule has 3 saturated heterocycles. The van der Waals surface area contributed by atoms with Gasteiger partial charge >= 0.3 is 0 Å². The van der Waals surface area contributed by atoms with Crippen LogP contribution in [0.3, 0.4) is 0 Å². The number of nitrogens with zero attached hydrogens (tertiary/aromatic N) is 4. The Morgan fingerprint density at radius 3 is 2.12 bits per heavy atom. The predicted octanol–water partition coefficient (Wildman–Crippen LogP) is 4.51. The molecule has 2 aromatic carbocycles. The summed E-state index contributed by atoms with van der Waals surface area (Å²) in [6.45, 7) is 9.94. The summed E-state index contributed by atoms with van der Waals surface area (Å²) in [4.78, 5) is 7.51. The first kappa shape index (κ1) is 21.4. The number of halogens is 1. The molecule has 1 N–H and O–H groups in total. The number of nitrogens with one attached hydrogen (secondary N) is 1. The molecule has 32 heavy (non-hydrogen) atoms. The van der Waals surface area contributed by atoms with Gasteiger partial charge in [0, 0.05) is 68.9 Å². The number of piperazine rings is 1. The van der Waals surface area contributed by atoms with Gasteiger partial charge in [-0.1, -0.05) is 11.6 Å². The van der Waals surface area contributed by atoms with Gasteiger partial charge < -0.3 is 20.0 Å². The summed E-state index contributed by atoms with van der Waals surface area (Å²) in [6, 6.07) is 17.7. The third-order valence-corrected chi connectivity index (χ3v) is 8.00. The number of nitriles is 1. The maximum absolute atomic E-state index is 9.17. The molecule has 3 aliphatic heterocycles. The fourth-order valence-corrected chi connectivity index (χ4v) is 6.05. The van der Waals surface area contributed by atoms with Gasteiger partial charge in [0.05, 0.1) is 10.6 Å². The molecule has 0 radical (unpaired) electrons. The molecule has 0 amide bonds. The fourth-order valence-electron chi connectivity index (χ4n) is 5.84. The van der Waals surface area contributed by atoms with Crippen molar-refractivity contribution in [1.82, 2.24) is 5.32 Å². The smallest absolute Gasteiger partial charge is 0.101 e. The Hall–Kier alpha value is -2.42. The van der Waals surface area contributed by atoms with E-state index in [4.69, 9.17) is 16.9 Å². The van der Waals surface area contributed by atoms with Crippen LogP contribution in [0.1, 0.15) is 31.7 Å². The summed E-state index contributed by atoms with van der Waals surface area (Å²) in [5.41, 5.74) is 4.75. The lowest BCUT2D eigenvalue weighted by molar-refractivity contribution is 0.245. The molecule has 2 aromatic rings. The highest BCUT2D eigenvalue weighted by molar-refractivity contribution is 6.32. The standard InChI is InChI=1S/C26H32ClN5/c1-20-17-26(19-32(20)24-3-2-21(18-28)25(27)16-24)8-12-30(13-9-26)22-4-6-23(7-5-22)31-14-10-29-11-15-31/h2-7,16,20,29H,8-15,17,19H2,1H3. The van der Waals surface area contributed by atoms with E-state index in [-0.39, 0.29) is 0 Å². The average molecular weight is 450 g/mol. The van der Waals surface area contributed by atoms with Gasteiger partial charge in [0.25, 0.3) is 0 Å². The number of benzene rings is 2. The zero-order valence-corrected chi connectivity index (χ0v) is 19.6. The van der Waals surface area contributed by atoms with Gasteiger partial charge in [0.1, 0.15) is 6.07 Å². The maximum Gasteiger partial charge on any atom is 0.101 e. The molecule has 1 unspecified atom stereocenters. The van der Waals surface area contributed by atoms with Crippen molar-refractivity contribution in [3.05, 3.63) is 53.1 Å². The molecule has 1 atom stereocenters. The minimum Gasteiger partial charge on any atom is -0.371 e. The Bertz CT molecular complexity index is 984. The van der Waals surface area contributed by atoms with E-state index in [1.807, 2.05) is 12.1 Å². The van der Waals surface area contributed by atoms with Crippen LogP contribution in [-0.4, -0.2) is 51.9 Å². The average Bonchev–Trinajstić information content (AvgIpc) is 3.15. The lowest BCUT2D eigenvalue weighted by Crippen LogP contribution is -2.43. The summed E-state index contributed by atoms with van der Waals surface area (Å²) in [6.07, 6.45) is 3.66. The van der Waals surface area contributed by atoms with Gasteiger partial charge in [0.2, 0.25) is 0 Å². The minimum absolute atomic E-state index is 0.372. The van der Waals surface area contributed by atoms with Crippen molar-refractivity contribution in [2.75, 3.05) is 60.5 Å². The van der Waals surface area contributed by atoms with Crippen molar-refractivity contribution in [2.45, 2.75) is 32.2 Å². The van der Waals surface area contributed by atoms with Gasteiger partial charge in [-0.25, -0.2) is 0 Å². The highest BCUT2D eigenvalue weighted by atomic mass is 35.5. The zero-order valence-electron chi connectivity index (χ0n) is 18.9. The molecule has 3 heterocycles. The van der Waals surface area contributed by atoms with E-state index >= 15 is 0 Å². The van der Waals surface area contributed by atoms with Crippen LogP contribution in [-0.2, 0) is 0 Å². The maximum atomic E-state index is 9.17. The van der Waals surface area contributed by atoms with E-state index in [1.165, 1.54) is 30.6 Å². The first-order chi connectivity index (χ1) is 15.6. The lowest BCUT2D eigenvalue weighted by atomic mass is 9.76. The molecule has 0 bridgehead atoms. The molecule has 5 rings (SSSR count). The molecule has 3 aliphatic rings. The number of anilines is 3. The topological polar surface area (TPSA) is 45.5 Å². The zero-order chi connectivity index (χ0) is 22.1. The van der Waals surface area contributed by atoms with E-state index in [1.54, 1.807) is 0 Å². The molecule has 1 spiro atoms. The first-order valence-electron chi connectivity index (χ1n) is 11.8.